The molecule has 0 aliphatic heterocycles. The minimum Gasteiger partial charge on any atom is -0.324 e. The van der Waals surface area contributed by atoms with Crippen LogP contribution in [-0.2, 0) is 0 Å². The Labute approximate surface area is 119 Å². The van der Waals surface area contributed by atoms with Crippen LogP contribution < -0.4 is 5.73 Å². The highest BCUT2D eigenvalue weighted by Crippen LogP contribution is 2.30. The molecule has 5 heteroatoms. The van der Waals surface area contributed by atoms with E-state index in [2.05, 4.69) is 32.0 Å². The van der Waals surface area contributed by atoms with Gasteiger partial charge in [0, 0.05) is 27.3 Å². The van der Waals surface area contributed by atoms with E-state index in [9.17, 15) is 0 Å². The number of halogens is 1. The van der Waals surface area contributed by atoms with E-state index in [0.29, 0.717) is 0 Å². The zero-order valence-electron chi connectivity index (χ0n) is 10.2. The zero-order valence-corrected chi connectivity index (χ0v) is 12.6. The molecule has 0 spiro atoms. The Bertz CT molecular complexity index is 558. The third-order valence-corrected chi connectivity index (χ3v) is 4.00. The molecule has 18 heavy (non-hydrogen) atoms. The van der Waals surface area contributed by atoms with Gasteiger partial charge in [-0.3, -0.25) is 0 Å². The Morgan fingerprint density at radius 3 is 2.72 bits per heavy atom. The van der Waals surface area contributed by atoms with Crippen LogP contribution in [0.1, 0.15) is 24.2 Å². The largest absolute Gasteiger partial charge is 0.324 e. The highest BCUT2D eigenvalue weighted by Gasteiger charge is 2.07. The summed E-state index contributed by atoms with van der Waals surface area (Å²) in [5, 5.41) is 0.760. The molecule has 0 unspecified atom stereocenters. The fraction of sp³-hybridized carbons (Fsp3) is 0.231. The molecule has 3 nitrogen and oxygen atoms in total. The third kappa shape index (κ3) is 3.31. The lowest BCUT2D eigenvalue weighted by Gasteiger charge is -2.09. The molecule has 1 atom stereocenters. The number of rotatable bonds is 3. The van der Waals surface area contributed by atoms with Crippen LogP contribution in [0.4, 0.5) is 0 Å². The Morgan fingerprint density at radius 2 is 2.11 bits per heavy atom. The van der Waals surface area contributed by atoms with E-state index in [1.54, 1.807) is 18.0 Å². The van der Waals surface area contributed by atoms with E-state index < -0.39 is 0 Å². The molecule has 0 amide bonds. The number of hydrogen-bond donors (Lipinski definition) is 1. The first-order chi connectivity index (χ1) is 8.56. The van der Waals surface area contributed by atoms with Crippen molar-refractivity contribution in [2.24, 2.45) is 5.73 Å². The van der Waals surface area contributed by atoms with E-state index >= 15 is 0 Å². The van der Waals surface area contributed by atoms with Crippen LogP contribution in [-0.4, -0.2) is 9.97 Å². The summed E-state index contributed by atoms with van der Waals surface area (Å²) in [5.41, 5.74) is 7.95. The lowest BCUT2D eigenvalue weighted by atomic mass is 10.1. The second kappa shape index (κ2) is 5.82. The van der Waals surface area contributed by atoms with Gasteiger partial charge in [-0.25, -0.2) is 9.97 Å². The number of nitrogens with zero attached hydrogens (tertiary/aromatic N) is 2. The summed E-state index contributed by atoms with van der Waals surface area (Å²) in [7, 11) is 0. The summed E-state index contributed by atoms with van der Waals surface area (Å²) in [6.07, 6.45) is 1.77. The SMILES string of the molecule is Cc1ccnc(Sc2ccc([C@@H](C)N)c(Br)c2)n1. The average molecular weight is 324 g/mol. The maximum atomic E-state index is 5.88. The highest BCUT2D eigenvalue weighted by atomic mass is 79.9. The van der Waals surface area contributed by atoms with Crippen molar-refractivity contribution in [2.75, 3.05) is 0 Å². The van der Waals surface area contributed by atoms with Crippen molar-refractivity contribution < 1.29 is 0 Å². The fourth-order valence-electron chi connectivity index (χ4n) is 1.52. The maximum absolute atomic E-state index is 5.88. The van der Waals surface area contributed by atoms with Gasteiger partial charge in [0.05, 0.1) is 0 Å². The van der Waals surface area contributed by atoms with Gasteiger partial charge >= 0.3 is 0 Å². The normalized spacial score (nSPS) is 12.4. The Kier molecular flexibility index (Phi) is 4.37. The van der Waals surface area contributed by atoms with Gasteiger partial charge in [-0.1, -0.05) is 22.0 Å². The molecule has 2 rings (SSSR count). The molecule has 2 N–H and O–H groups in total. The first kappa shape index (κ1) is 13.5. The lowest BCUT2D eigenvalue weighted by Crippen LogP contribution is -2.05. The molecule has 0 aliphatic rings. The summed E-state index contributed by atoms with van der Waals surface area (Å²) in [6, 6.07) is 8.04. The molecule has 2 aromatic rings. The molecular formula is C13H14BrN3S. The molecule has 0 bridgehead atoms. The second-order valence-corrected chi connectivity index (χ2v) is 5.95. The van der Waals surface area contributed by atoms with Gasteiger partial charge in [0.2, 0.25) is 0 Å². The summed E-state index contributed by atoms with van der Waals surface area (Å²) < 4.78 is 1.02. The van der Waals surface area contributed by atoms with Gasteiger partial charge in [0.15, 0.2) is 5.16 Å². The van der Waals surface area contributed by atoms with Crippen molar-refractivity contribution in [1.29, 1.82) is 0 Å². The van der Waals surface area contributed by atoms with Crippen LogP contribution in [0.15, 0.2) is 45.0 Å². The minimum absolute atomic E-state index is 0.0219. The molecule has 0 radical (unpaired) electrons. The monoisotopic (exact) mass is 323 g/mol. The van der Waals surface area contributed by atoms with Gasteiger partial charge in [0.1, 0.15) is 0 Å². The molecule has 0 saturated heterocycles. The second-order valence-electron chi connectivity index (χ2n) is 4.05. The van der Waals surface area contributed by atoms with Crippen molar-refractivity contribution in [3.63, 3.8) is 0 Å². The number of hydrogen-bond acceptors (Lipinski definition) is 4. The standard InChI is InChI=1S/C13H14BrN3S/c1-8-5-6-16-13(17-8)18-10-3-4-11(9(2)15)12(14)7-10/h3-7,9H,15H2,1-2H3/t9-/m1/s1. The predicted molar refractivity (Wildman–Crippen MR) is 77.6 cm³/mol. The van der Waals surface area contributed by atoms with Crippen LogP contribution in [0.25, 0.3) is 0 Å². The molecule has 94 valence electrons. The smallest absolute Gasteiger partial charge is 0.192 e. The molecule has 1 heterocycles. The summed E-state index contributed by atoms with van der Waals surface area (Å²) >= 11 is 5.08. The molecule has 1 aromatic carbocycles. The van der Waals surface area contributed by atoms with Crippen molar-refractivity contribution in [2.45, 2.75) is 29.9 Å². The molecular weight excluding hydrogens is 310 g/mol. The zero-order chi connectivity index (χ0) is 13.1. The maximum Gasteiger partial charge on any atom is 0.192 e. The first-order valence-electron chi connectivity index (χ1n) is 5.59. The van der Waals surface area contributed by atoms with Crippen LogP contribution in [0.5, 0.6) is 0 Å². The number of aromatic nitrogens is 2. The summed E-state index contributed by atoms with van der Waals surface area (Å²) in [6.45, 7) is 3.93. The minimum atomic E-state index is 0.0219. The van der Waals surface area contributed by atoms with Crippen molar-refractivity contribution in [3.05, 3.63) is 46.2 Å². The fourth-order valence-corrected chi connectivity index (χ4v) is 3.24. The first-order valence-corrected chi connectivity index (χ1v) is 7.20. The van der Waals surface area contributed by atoms with Crippen molar-refractivity contribution in [3.8, 4) is 0 Å². The quantitative estimate of drug-likeness (QED) is 0.874. The van der Waals surface area contributed by atoms with Gasteiger partial charge in [0.25, 0.3) is 0 Å². The average Bonchev–Trinajstić information content (AvgIpc) is 2.28. The van der Waals surface area contributed by atoms with Crippen LogP contribution >= 0.6 is 27.7 Å². The van der Waals surface area contributed by atoms with E-state index in [4.69, 9.17) is 5.73 Å². The predicted octanol–water partition coefficient (Wildman–Crippen LogP) is 3.72. The molecule has 1 aromatic heterocycles. The number of nitrogens with two attached hydrogens (primary N) is 1. The van der Waals surface area contributed by atoms with E-state index in [1.165, 1.54) is 0 Å². The van der Waals surface area contributed by atoms with Crippen LogP contribution in [0, 0.1) is 6.92 Å². The summed E-state index contributed by atoms with van der Waals surface area (Å²) in [4.78, 5) is 9.70. The van der Waals surface area contributed by atoms with Gasteiger partial charge in [-0.15, -0.1) is 0 Å². The van der Waals surface area contributed by atoms with Gasteiger partial charge in [-0.05, 0) is 49.4 Å². The van der Waals surface area contributed by atoms with E-state index in [0.717, 1.165) is 25.8 Å². The Morgan fingerprint density at radius 1 is 1.33 bits per heavy atom. The Balaban J connectivity index is 2.23. The number of aryl methyl sites for hydroxylation is 1. The molecule has 0 fully saturated rings. The van der Waals surface area contributed by atoms with E-state index in [-0.39, 0.29) is 6.04 Å². The van der Waals surface area contributed by atoms with E-state index in [1.807, 2.05) is 32.0 Å². The van der Waals surface area contributed by atoms with Crippen molar-refractivity contribution in [1.82, 2.24) is 9.97 Å². The van der Waals surface area contributed by atoms with Crippen LogP contribution in [0.3, 0.4) is 0 Å². The molecule has 0 aliphatic carbocycles. The Hall–Kier alpha value is -0.910. The van der Waals surface area contributed by atoms with Gasteiger partial charge in [-0.2, -0.15) is 0 Å². The highest BCUT2D eigenvalue weighted by molar-refractivity contribution is 9.10. The lowest BCUT2D eigenvalue weighted by molar-refractivity contribution is 0.811. The van der Waals surface area contributed by atoms with Crippen molar-refractivity contribution >= 4 is 27.7 Å². The third-order valence-electron chi connectivity index (χ3n) is 2.44. The summed E-state index contributed by atoms with van der Waals surface area (Å²) in [5.74, 6) is 0. The molecule has 0 saturated carbocycles. The number of benzene rings is 1. The van der Waals surface area contributed by atoms with Gasteiger partial charge < -0.3 is 5.73 Å². The topological polar surface area (TPSA) is 51.8 Å². The van der Waals surface area contributed by atoms with Crippen LogP contribution in [0.2, 0.25) is 0 Å².